The lowest BCUT2D eigenvalue weighted by Gasteiger charge is -2.01. The van der Waals surface area contributed by atoms with Crippen molar-refractivity contribution in [1.29, 1.82) is 0 Å². The number of phenolic OH excluding ortho intramolecular Hbond substituents is 1. The van der Waals surface area contributed by atoms with Crippen LogP contribution in [0.2, 0.25) is 0 Å². The summed E-state index contributed by atoms with van der Waals surface area (Å²) in [4.78, 5) is 12.6. The van der Waals surface area contributed by atoms with Crippen LogP contribution >= 0.6 is 27.3 Å². The molecule has 0 aliphatic heterocycles. The molecule has 0 unspecified atom stereocenters. The summed E-state index contributed by atoms with van der Waals surface area (Å²) in [6, 6.07) is 9.51. The first-order valence-corrected chi connectivity index (χ1v) is 7.77. The third-order valence-corrected chi connectivity index (χ3v) is 4.29. The number of thiophene rings is 1. The van der Waals surface area contributed by atoms with Gasteiger partial charge in [0.05, 0.1) is 14.2 Å². The highest BCUT2D eigenvalue weighted by Crippen LogP contribution is 2.30. The number of halogens is 1. The van der Waals surface area contributed by atoms with Crippen LogP contribution in [0.5, 0.6) is 5.75 Å². The van der Waals surface area contributed by atoms with Crippen molar-refractivity contribution < 1.29 is 19.1 Å². The van der Waals surface area contributed by atoms with E-state index in [-0.39, 0.29) is 18.2 Å². The third-order valence-electron chi connectivity index (χ3n) is 2.68. The van der Waals surface area contributed by atoms with Crippen LogP contribution in [-0.4, -0.2) is 21.3 Å². The lowest BCUT2D eigenvalue weighted by Crippen LogP contribution is -2.05. The summed E-state index contributed by atoms with van der Waals surface area (Å²) in [7, 11) is 0. The number of carbonyl (C=O) groups is 1. The minimum absolute atomic E-state index is 0.0835. The molecule has 2 aromatic heterocycles. The Balaban J connectivity index is 1.63. The quantitative estimate of drug-likeness (QED) is 0.695. The second kappa shape index (κ2) is 6.29. The van der Waals surface area contributed by atoms with Crippen molar-refractivity contribution >= 4 is 33.2 Å². The van der Waals surface area contributed by atoms with Gasteiger partial charge in [0.15, 0.2) is 6.61 Å². The van der Waals surface area contributed by atoms with Gasteiger partial charge < -0.3 is 14.3 Å². The normalized spacial score (nSPS) is 10.6. The number of ether oxygens (including phenoxy) is 1. The van der Waals surface area contributed by atoms with E-state index in [1.165, 1.54) is 35.6 Å². The first-order chi connectivity index (χ1) is 10.6. The second-order valence-electron chi connectivity index (χ2n) is 4.23. The molecular weight excluding hydrogens is 372 g/mol. The van der Waals surface area contributed by atoms with Crippen LogP contribution in [-0.2, 0) is 11.3 Å². The summed E-state index contributed by atoms with van der Waals surface area (Å²) in [6.07, 6.45) is 0. The van der Waals surface area contributed by atoms with Crippen molar-refractivity contribution in [2.45, 2.75) is 6.61 Å². The predicted octanol–water partition coefficient (Wildman–Crippen LogP) is 3.62. The Morgan fingerprint density at radius 3 is 2.68 bits per heavy atom. The number of aromatic hydroxyl groups is 1. The molecule has 1 N–H and O–H groups in total. The van der Waals surface area contributed by atoms with Crippen molar-refractivity contribution in [2.75, 3.05) is 0 Å². The van der Waals surface area contributed by atoms with Crippen molar-refractivity contribution in [1.82, 2.24) is 10.2 Å². The van der Waals surface area contributed by atoms with E-state index < -0.39 is 5.97 Å². The molecule has 3 aromatic rings. The molecular formula is C14H9BrN2O4S. The molecule has 0 spiro atoms. The van der Waals surface area contributed by atoms with E-state index in [0.29, 0.717) is 11.5 Å². The lowest BCUT2D eigenvalue weighted by molar-refractivity contribution is 0.0438. The molecule has 8 heteroatoms. The Morgan fingerprint density at radius 2 is 2.00 bits per heavy atom. The number of phenols is 1. The first-order valence-electron chi connectivity index (χ1n) is 6.16. The van der Waals surface area contributed by atoms with Gasteiger partial charge >= 0.3 is 5.97 Å². The Morgan fingerprint density at radius 1 is 1.23 bits per heavy atom. The highest BCUT2D eigenvalue weighted by atomic mass is 79.9. The first kappa shape index (κ1) is 14.7. The molecule has 112 valence electrons. The van der Waals surface area contributed by atoms with Gasteiger partial charge in [-0.05, 0) is 52.3 Å². The number of rotatable bonds is 4. The van der Waals surface area contributed by atoms with E-state index >= 15 is 0 Å². The van der Waals surface area contributed by atoms with Crippen LogP contribution < -0.4 is 0 Å². The summed E-state index contributed by atoms with van der Waals surface area (Å²) >= 11 is 4.82. The molecule has 6 nitrogen and oxygen atoms in total. The van der Waals surface area contributed by atoms with E-state index in [2.05, 4.69) is 26.1 Å². The standard InChI is InChI=1S/C14H9BrN2O4S/c15-11-6-5-10(22-11)13-17-16-12(21-13)7-20-14(19)8-1-3-9(18)4-2-8/h1-6,18H,7H2. The van der Waals surface area contributed by atoms with Crippen molar-refractivity contribution in [3.8, 4) is 16.5 Å². The van der Waals surface area contributed by atoms with Gasteiger partial charge in [0.2, 0.25) is 0 Å². The zero-order valence-electron chi connectivity index (χ0n) is 11.0. The monoisotopic (exact) mass is 380 g/mol. The van der Waals surface area contributed by atoms with E-state index in [0.717, 1.165) is 8.66 Å². The highest BCUT2D eigenvalue weighted by molar-refractivity contribution is 9.11. The molecule has 0 amide bonds. The molecule has 1 aromatic carbocycles. The van der Waals surface area contributed by atoms with Crippen molar-refractivity contribution in [3.63, 3.8) is 0 Å². The Hall–Kier alpha value is -2.19. The van der Waals surface area contributed by atoms with Crippen molar-refractivity contribution in [2.24, 2.45) is 0 Å². The topological polar surface area (TPSA) is 85.5 Å². The molecule has 0 saturated heterocycles. The summed E-state index contributed by atoms with van der Waals surface area (Å²) in [5, 5.41) is 16.9. The predicted molar refractivity (Wildman–Crippen MR) is 82.5 cm³/mol. The van der Waals surface area contributed by atoms with E-state index in [4.69, 9.17) is 9.15 Å². The fourth-order valence-electron chi connectivity index (χ4n) is 1.65. The fraction of sp³-hybridized carbons (Fsp3) is 0.0714. The SMILES string of the molecule is O=C(OCc1nnc(-c2ccc(Br)s2)o1)c1ccc(O)cc1. The molecule has 2 heterocycles. The number of aromatic nitrogens is 2. The zero-order valence-corrected chi connectivity index (χ0v) is 13.4. The minimum Gasteiger partial charge on any atom is -0.508 e. The Labute approximate surface area is 137 Å². The van der Waals surface area contributed by atoms with Gasteiger partial charge in [-0.25, -0.2) is 4.79 Å². The summed E-state index contributed by atoms with van der Waals surface area (Å²) < 4.78 is 11.5. The molecule has 3 rings (SSSR count). The van der Waals surface area contributed by atoms with Crippen LogP contribution in [0.3, 0.4) is 0 Å². The smallest absolute Gasteiger partial charge is 0.338 e. The number of carbonyl (C=O) groups excluding carboxylic acids is 1. The van der Waals surface area contributed by atoms with Gasteiger partial charge in [0, 0.05) is 0 Å². The maximum Gasteiger partial charge on any atom is 0.338 e. The number of hydrogen-bond donors (Lipinski definition) is 1. The molecule has 0 aliphatic carbocycles. The molecule has 0 bridgehead atoms. The van der Waals surface area contributed by atoms with Crippen LogP contribution in [0, 0.1) is 0 Å². The Kier molecular flexibility index (Phi) is 4.21. The second-order valence-corrected chi connectivity index (χ2v) is 6.69. The summed E-state index contributed by atoms with van der Waals surface area (Å²) in [5.74, 6) is 0.150. The molecule has 0 fully saturated rings. The number of hydrogen-bond acceptors (Lipinski definition) is 7. The molecule has 0 saturated carbocycles. The molecule has 22 heavy (non-hydrogen) atoms. The lowest BCUT2D eigenvalue weighted by atomic mass is 10.2. The largest absolute Gasteiger partial charge is 0.508 e. The number of esters is 1. The van der Waals surface area contributed by atoms with E-state index in [1.54, 1.807) is 0 Å². The van der Waals surface area contributed by atoms with Gasteiger partial charge in [-0.2, -0.15) is 0 Å². The minimum atomic E-state index is -0.529. The maximum atomic E-state index is 11.8. The van der Waals surface area contributed by atoms with Gasteiger partial charge in [-0.15, -0.1) is 21.5 Å². The molecule has 0 aliphatic rings. The van der Waals surface area contributed by atoms with Gasteiger partial charge in [0.25, 0.3) is 11.8 Å². The van der Waals surface area contributed by atoms with Crippen LogP contribution in [0.1, 0.15) is 16.2 Å². The summed E-state index contributed by atoms with van der Waals surface area (Å²) in [6.45, 7) is -0.112. The average Bonchev–Trinajstić information content (AvgIpc) is 3.14. The molecule has 0 atom stereocenters. The van der Waals surface area contributed by atoms with E-state index in [9.17, 15) is 9.90 Å². The maximum absolute atomic E-state index is 11.8. The number of nitrogens with zero attached hydrogens (tertiary/aromatic N) is 2. The third kappa shape index (κ3) is 3.34. The van der Waals surface area contributed by atoms with Crippen LogP contribution in [0.4, 0.5) is 0 Å². The molecule has 0 radical (unpaired) electrons. The highest BCUT2D eigenvalue weighted by Gasteiger charge is 2.13. The summed E-state index contributed by atoms with van der Waals surface area (Å²) in [5.41, 5.74) is 0.333. The van der Waals surface area contributed by atoms with Crippen LogP contribution in [0.25, 0.3) is 10.8 Å². The van der Waals surface area contributed by atoms with Gasteiger partial charge in [0.1, 0.15) is 5.75 Å². The van der Waals surface area contributed by atoms with Gasteiger partial charge in [-0.1, -0.05) is 0 Å². The average molecular weight is 381 g/mol. The zero-order chi connectivity index (χ0) is 15.5. The fourth-order valence-corrected chi connectivity index (χ4v) is 2.96. The van der Waals surface area contributed by atoms with E-state index in [1.807, 2.05) is 12.1 Å². The van der Waals surface area contributed by atoms with Gasteiger partial charge in [-0.3, -0.25) is 0 Å². The number of benzene rings is 1. The van der Waals surface area contributed by atoms with Crippen molar-refractivity contribution in [3.05, 3.63) is 51.6 Å². The van der Waals surface area contributed by atoms with Crippen LogP contribution in [0.15, 0.2) is 44.6 Å². The Bertz CT molecular complexity index is 797.